The van der Waals surface area contributed by atoms with E-state index >= 15 is 0 Å². The summed E-state index contributed by atoms with van der Waals surface area (Å²) in [5.41, 5.74) is -1.69. The zero-order valence-electron chi connectivity index (χ0n) is 17.1. The van der Waals surface area contributed by atoms with Crippen molar-refractivity contribution < 1.29 is 49.0 Å². The predicted octanol–water partition coefficient (Wildman–Crippen LogP) is 6.80. The topological polar surface area (TPSA) is 26.3 Å². The maximum atomic E-state index is 14.2. The van der Waals surface area contributed by atoms with Crippen LogP contribution in [0.5, 0.6) is 0 Å². The number of carbonyl (C=O) groups is 1. The van der Waals surface area contributed by atoms with Crippen LogP contribution in [0.1, 0.15) is 52.4 Å². The van der Waals surface area contributed by atoms with Gasteiger partial charge in [0, 0.05) is 12.5 Å². The molecule has 180 valence electrons. The molecule has 2 bridgehead atoms. The highest BCUT2D eigenvalue weighted by Crippen LogP contribution is 2.58. The number of fused-ring (bicyclic) bond motifs is 2. The van der Waals surface area contributed by atoms with E-state index in [0.717, 1.165) is 12.5 Å². The summed E-state index contributed by atoms with van der Waals surface area (Å²) in [7, 11) is 0. The summed E-state index contributed by atoms with van der Waals surface area (Å²) in [6.07, 6.45) is -6.94. The quantitative estimate of drug-likeness (QED) is 0.234. The number of alkyl halides is 9. The average molecular weight is 468 g/mol. The van der Waals surface area contributed by atoms with Crippen LogP contribution in [-0.4, -0.2) is 35.5 Å². The molecule has 0 heterocycles. The van der Waals surface area contributed by atoms with Crippen LogP contribution in [0, 0.1) is 23.7 Å². The molecule has 0 amide bonds. The third-order valence-electron chi connectivity index (χ3n) is 6.75. The lowest BCUT2D eigenvalue weighted by molar-refractivity contribution is -0.397. The number of ether oxygens (including phenoxy) is 1. The molecular weight excluding hydrogens is 443 g/mol. The van der Waals surface area contributed by atoms with Crippen molar-refractivity contribution in [3.63, 3.8) is 0 Å². The number of carbonyl (C=O) groups excluding carboxylic acids is 1. The number of esters is 1. The van der Waals surface area contributed by atoms with Crippen LogP contribution in [0.15, 0.2) is 12.7 Å². The number of hydrogen-bond donors (Lipinski definition) is 0. The normalized spacial score (nSPS) is 32.5. The summed E-state index contributed by atoms with van der Waals surface area (Å²) in [5, 5.41) is 0. The molecule has 5 atom stereocenters. The van der Waals surface area contributed by atoms with E-state index in [-0.39, 0.29) is 11.8 Å². The van der Waals surface area contributed by atoms with Crippen molar-refractivity contribution in [1.82, 2.24) is 0 Å². The van der Waals surface area contributed by atoms with Gasteiger partial charge in [0.15, 0.2) is 0 Å². The molecule has 2 aliphatic carbocycles. The second-order valence-electron chi connectivity index (χ2n) is 8.94. The van der Waals surface area contributed by atoms with Crippen molar-refractivity contribution in [2.24, 2.45) is 23.7 Å². The lowest BCUT2D eigenvalue weighted by atomic mass is 9.56. The van der Waals surface area contributed by atoms with E-state index in [2.05, 4.69) is 6.58 Å². The first-order valence-electron chi connectivity index (χ1n) is 9.97. The van der Waals surface area contributed by atoms with Crippen molar-refractivity contribution in [1.29, 1.82) is 0 Å². The van der Waals surface area contributed by atoms with Crippen molar-refractivity contribution >= 4 is 5.97 Å². The minimum absolute atomic E-state index is 0.120. The third-order valence-corrected chi connectivity index (χ3v) is 6.75. The minimum atomic E-state index is -6.93. The van der Waals surface area contributed by atoms with Crippen LogP contribution in [0.4, 0.5) is 39.5 Å². The maximum absolute atomic E-state index is 14.2. The van der Waals surface area contributed by atoms with Crippen LogP contribution < -0.4 is 0 Å². The van der Waals surface area contributed by atoms with Crippen molar-refractivity contribution in [2.75, 3.05) is 0 Å². The van der Waals surface area contributed by atoms with Gasteiger partial charge in [-0.15, -0.1) is 0 Å². The Morgan fingerprint density at radius 3 is 2.06 bits per heavy atom. The van der Waals surface area contributed by atoms with Gasteiger partial charge in [-0.3, -0.25) is 0 Å². The van der Waals surface area contributed by atoms with Crippen LogP contribution in [0.3, 0.4) is 0 Å². The van der Waals surface area contributed by atoms with E-state index in [9.17, 15) is 44.3 Å². The Morgan fingerprint density at radius 1 is 0.968 bits per heavy atom. The van der Waals surface area contributed by atoms with Crippen molar-refractivity contribution in [3.05, 3.63) is 12.7 Å². The molecule has 0 radical (unpaired) electrons. The summed E-state index contributed by atoms with van der Waals surface area (Å²) in [4.78, 5) is 11.9. The Bertz CT molecular complexity index is 685. The van der Waals surface area contributed by atoms with Crippen LogP contribution >= 0.6 is 0 Å². The molecule has 0 spiro atoms. The average Bonchev–Trinajstić information content (AvgIpc) is 2.62. The van der Waals surface area contributed by atoms with E-state index in [1.807, 2.05) is 6.92 Å². The Balaban J connectivity index is 2.37. The van der Waals surface area contributed by atoms with Crippen LogP contribution in [0.2, 0.25) is 0 Å². The van der Waals surface area contributed by atoms with E-state index in [0.29, 0.717) is 19.3 Å². The lowest BCUT2D eigenvalue weighted by Gasteiger charge is -2.54. The summed E-state index contributed by atoms with van der Waals surface area (Å²) in [6, 6.07) is 0. The third kappa shape index (κ3) is 4.42. The first kappa shape index (κ1) is 25.8. The van der Waals surface area contributed by atoms with Gasteiger partial charge in [-0.25, -0.2) is 4.79 Å². The zero-order chi connectivity index (χ0) is 24.0. The molecule has 0 N–H and O–H groups in total. The van der Waals surface area contributed by atoms with Gasteiger partial charge < -0.3 is 4.74 Å². The molecule has 5 unspecified atom stereocenters. The predicted molar refractivity (Wildman–Crippen MR) is 92.9 cm³/mol. The van der Waals surface area contributed by atoms with Crippen molar-refractivity contribution in [2.45, 2.75) is 81.9 Å². The maximum Gasteiger partial charge on any atom is 0.460 e. The van der Waals surface area contributed by atoms with Gasteiger partial charge in [0.25, 0.3) is 0 Å². The molecule has 11 heteroatoms. The van der Waals surface area contributed by atoms with Crippen LogP contribution in [0.25, 0.3) is 0 Å². The Kier molecular flexibility index (Phi) is 6.81. The summed E-state index contributed by atoms with van der Waals surface area (Å²) < 4.78 is 125. The smallest absolute Gasteiger partial charge is 0.455 e. The first-order valence-corrected chi connectivity index (χ1v) is 9.97. The van der Waals surface area contributed by atoms with Crippen molar-refractivity contribution in [3.8, 4) is 0 Å². The number of rotatable bonds is 7. The molecule has 0 saturated heterocycles. The number of hydrogen-bond acceptors (Lipinski definition) is 2. The molecule has 0 aromatic carbocycles. The fraction of sp³-hybridized carbons (Fsp3) is 0.850. The van der Waals surface area contributed by atoms with Gasteiger partial charge >= 0.3 is 29.9 Å². The summed E-state index contributed by atoms with van der Waals surface area (Å²) in [5.74, 6) is -21.1. The highest BCUT2D eigenvalue weighted by atomic mass is 19.4. The van der Waals surface area contributed by atoms with Gasteiger partial charge in [0.1, 0.15) is 5.60 Å². The molecule has 2 saturated carbocycles. The monoisotopic (exact) mass is 468 g/mol. The lowest BCUT2D eigenvalue weighted by Crippen LogP contribution is -2.62. The summed E-state index contributed by atoms with van der Waals surface area (Å²) in [6.45, 7) is 6.68. The standard InChI is InChI=1S/C20H25F9O2/c1-4-15(30)31-16(12(3)9-13-7-11(2)8-14(16)10-13)5-6-17(21,22)18(23,24)19(25,26)20(27,28)29/h4,11-14H,1,5-10H2,2-3H3. The first-order chi connectivity index (χ1) is 13.9. The highest BCUT2D eigenvalue weighted by molar-refractivity contribution is 5.81. The fourth-order valence-corrected chi connectivity index (χ4v) is 5.27. The van der Waals surface area contributed by atoms with Crippen LogP contribution in [-0.2, 0) is 9.53 Å². The molecule has 0 aromatic heterocycles. The summed E-state index contributed by atoms with van der Waals surface area (Å²) >= 11 is 0. The minimum Gasteiger partial charge on any atom is -0.455 e. The molecule has 2 rings (SSSR count). The molecule has 31 heavy (non-hydrogen) atoms. The second kappa shape index (κ2) is 8.17. The molecular formula is C20H25F9O2. The molecule has 2 aliphatic rings. The van der Waals surface area contributed by atoms with E-state index in [4.69, 9.17) is 4.74 Å². The van der Waals surface area contributed by atoms with Gasteiger partial charge in [-0.2, -0.15) is 39.5 Å². The molecule has 0 aromatic rings. The van der Waals surface area contributed by atoms with E-state index in [1.54, 1.807) is 6.92 Å². The highest BCUT2D eigenvalue weighted by Gasteiger charge is 2.81. The SMILES string of the molecule is C=CC(=O)OC1(CCC(F)(F)C(F)(F)C(F)(F)C(F)(F)F)C(C)CC2CC(C)CC1C2. The Hall–Kier alpha value is -1.42. The van der Waals surface area contributed by atoms with Gasteiger partial charge in [-0.1, -0.05) is 20.4 Å². The van der Waals surface area contributed by atoms with Gasteiger partial charge in [0.05, 0.1) is 0 Å². The zero-order valence-corrected chi connectivity index (χ0v) is 17.1. The molecule has 2 nitrogen and oxygen atoms in total. The van der Waals surface area contributed by atoms with Gasteiger partial charge in [0.2, 0.25) is 0 Å². The second-order valence-corrected chi connectivity index (χ2v) is 8.94. The Morgan fingerprint density at radius 2 is 1.55 bits per heavy atom. The Labute approximate surface area is 174 Å². The molecule has 2 fully saturated rings. The van der Waals surface area contributed by atoms with E-state index < -0.39 is 60.2 Å². The number of halogens is 9. The largest absolute Gasteiger partial charge is 0.460 e. The van der Waals surface area contributed by atoms with E-state index in [1.165, 1.54) is 0 Å². The van der Waals surface area contributed by atoms with Gasteiger partial charge in [-0.05, 0) is 55.8 Å². The molecule has 0 aliphatic heterocycles. The fourth-order valence-electron chi connectivity index (χ4n) is 5.27.